The van der Waals surface area contributed by atoms with Gasteiger partial charge in [-0.05, 0) is 0 Å². The van der Waals surface area contributed by atoms with Crippen LogP contribution in [0.5, 0.6) is 0 Å². The maximum atomic E-state index is 11.0. The van der Waals surface area contributed by atoms with Gasteiger partial charge in [0.15, 0.2) is 0 Å². The van der Waals surface area contributed by atoms with Crippen molar-refractivity contribution in [2.24, 2.45) is 0 Å². The third kappa shape index (κ3) is 2.81. The predicted octanol–water partition coefficient (Wildman–Crippen LogP) is -1.27. The fraction of sp³-hybridized carbons (Fsp3) is 0.125. The van der Waals surface area contributed by atoms with E-state index in [0.717, 1.165) is 0 Å². The Labute approximate surface area is 80.8 Å². The van der Waals surface area contributed by atoms with Crippen LogP contribution in [0, 0.1) is 5.39 Å². The molecular formula is C8H7BrN2O. The highest BCUT2D eigenvalue weighted by Crippen LogP contribution is 1.99. The summed E-state index contributed by atoms with van der Waals surface area (Å²) in [6, 6.07) is 8.74. The number of hydrogen-bond acceptors (Lipinski definition) is 2. The van der Waals surface area contributed by atoms with E-state index in [4.69, 9.17) is 5.39 Å². The second kappa shape index (κ2) is 5.44. The van der Waals surface area contributed by atoms with Crippen molar-refractivity contribution < 1.29 is 21.8 Å². The van der Waals surface area contributed by atoms with Crippen molar-refractivity contribution in [3.05, 3.63) is 40.9 Å². The summed E-state index contributed by atoms with van der Waals surface area (Å²) in [6.45, 7) is -0.163. The summed E-state index contributed by atoms with van der Waals surface area (Å²) in [6.07, 6.45) is 0. The Bertz CT molecular complexity index is 292. The number of nitrogens with zero attached hydrogens (tertiary/aromatic N) is 2. The first kappa shape index (κ1) is 10.8. The van der Waals surface area contributed by atoms with Gasteiger partial charge in [0.1, 0.15) is 4.98 Å². The molecule has 1 rings (SSSR count). The summed E-state index contributed by atoms with van der Waals surface area (Å²) in [5.74, 6) is -0.173. The molecule has 0 saturated heterocycles. The van der Waals surface area contributed by atoms with Crippen molar-refractivity contribution in [2.75, 3.05) is 6.54 Å². The third-order valence-corrected chi connectivity index (χ3v) is 1.31. The topological polar surface area (TPSA) is 45.2 Å². The lowest BCUT2D eigenvalue weighted by Crippen LogP contribution is -3.00. The summed E-state index contributed by atoms with van der Waals surface area (Å²) in [5, 5.41) is 8.10. The van der Waals surface area contributed by atoms with Gasteiger partial charge in [-0.3, -0.25) is 4.79 Å². The second-order valence-electron chi connectivity index (χ2n) is 2.09. The monoisotopic (exact) mass is 226 g/mol. The molecule has 12 heavy (non-hydrogen) atoms. The lowest BCUT2D eigenvalue weighted by molar-refractivity contribution is -0.0000103. The fourth-order valence-electron chi connectivity index (χ4n) is 0.780. The molecule has 1 aromatic carbocycles. The first-order valence-electron chi connectivity index (χ1n) is 3.23. The van der Waals surface area contributed by atoms with E-state index in [1.54, 1.807) is 24.3 Å². The minimum Gasteiger partial charge on any atom is -1.00 e. The van der Waals surface area contributed by atoms with Gasteiger partial charge in [-0.25, -0.2) is 0 Å². The number of halogens is 1. The van der Waals surface area contributed by atoms with Gasteiger partial charge < -0.3 is 17.0 Å². The van der Waals surface area contributed by atoms with Crippen LogP contribution in [0.25, 0.3) is 4.98 Å². The molecular weight excluding hydrogens is 220 g/mol. The largest absolute Gasteiger partial charge is 1.00 e. The molecule has 0 radical (unpaired) electrons. The van der Waals surface area contributed by atoms with Crippen LogP contribution >= 0.6 is 0 Å². The Morgan fingerprint density at radius 1 is 1.33 bits per heavy atom. The number of diazo groups is 1. The van der Waals surface area contributed by atoms with Crippen LogP contribution in [0.4, 0.5) is 0 Å². The van der Waals surface area contributed by atoms with Gasteiger partial charge in [0.2, 0.25) is 11.2 Å². The van der Waals surface area contributed by atoms with Crippen LogP contribution in [0.1, 0.15) is 10.4 Å². The summed E-state index contributed by atoms with van der Waals surface area (Å²) in [5.41, 5.74) is 0.574. The highest BCUT2D eigenvalue weighted by atomic mass is 79.9. The maximum Gasteiger partial charge on any atom is 0.367 e. The average Bonchev–Trinajstić information content (AvgIpc) is 2.07. The van der Waals surface area contributed by atoms with Crippen molar-refractivity contribution in [3.63, 3.8) is 0 Å². The van der Waals surface area contributed by atoms with Gasteiger partial charge in [0.25, 0.3) is 0 Å². The molecule has 0 amide bonds. The Hall–Kier alpha value is -1.21. The van der Waals surface area contributed by atoms with Crippen LogP contribution in [-0.2, 0) is 0 Å². The molecule has 0 saturated carbocycles. The minimum atomic E-state index is -0.173. The van der Waals surface area contributed by atoms with Gasteiger partial charge >= 0.3 is 6.54 Å². The molecule has 0 aliphatic heterocycles. The molecule has 0 heterocycles. The van der Waals surface area contributed by atoms with Gasteiger partial charge in [0, 0.05) is 5.56 Å². The zero-order chi connectivity index (χ0) is 8.10. The number of Topliss-reactive ketones (excluding diaryl/α,β-unsaturated/α-hetero) is 1. The van der Waals surface area contributed by atoms with E-state index in [2.05, 4.69) is 4.98 Å². The van der Waals surface area contributed by atoms with Crippen molar-refractivity contribution in [1.29, 1.82) is 5.39 Å². The smallest absolute Gasteiger partial charge is 0.367 e. The Kier molecular flexibility index (Phi) is 4.89. The third-order valence-electron chi connectivity index (χ3n) is 1.31. The average molecular weight is 227 g/mol. The van der Waals surface area contributed by atoms with Crippen molar-refractivity contribution >= 4 is 5.78 Å². The van der Waals surface area contributed by atoms with E-state index in [1.807, 2.05) is 6.07 Å². The van der Waals surface area contributed by atoms with E-state index in [-0.39, 0.29) is 29.3 Å². The molecule has 0 fully saturated rings. The molecule has 1 aromatic rings. The van der Waals surface area contributed by atoms with Gasteiger partial charge in [-0.15, -0.1) is 0 Å². The van der Waals surface area contributed by atoms with Crippen LogP contribution in [0.15, 0.2) is 30.3 Å². The number of rotatable bonds is 2. The SMILES string of the molecule is N#[N+]CC(=O)c1ccccc1.[Br-]. The molecule has 62 valence electrons. The molecule has 0 atom stereocenters. The summed E-state index contributed by atoms with van der Waals surface area (Å²) in [7, 11) is 0. The lowest BCUT2D eigenvalue weighted by atomic mass is 10.1. The lowest BCUT2D eigenvalue weighted by Gasteiger charge is -1.88. The summed E-state index contributed by atoms with van der Waals surface area (Å²) >= 11 is 0. The van der Waals surface area contributed by atoms with Crippen LogP contribution in [-0.4, -0.2) is 12.3 Å². The molecule has 0 aromatic heterocycles. The predicted molar refractivity (Wildman–Crippen MR) is 40.7 cm³/mol. The normalized spacial score (nSPS) is 7.92. The number of hydrogen-bond donors (Lipinski definition) is 0. The molecule has 0 aliphatic rings. The Morgan fingerprint density at radius 2 is 1.92 bits per heavy atom. The van der Waals surface area contributed by atoms with E-state index in [1.165, 1.54) is 0 Å². The molecule has 0 bridgehead atoms. The fourth-order valence-corrected chi connectivity index (χ4v) is 0.780. The van der Waals surface area contributed by atoms with Gasteiger partial charge in [0.05, 0.1) is 0 Å². The van der Waals surface area contributed by atoms with E-state index >= 15 is 0 Å². The highest BCUT2D eigenvalue weighted by molar-refractivity contribution is 5.98. The first-order valence-corrected chi connectivity index (χ1v) is 3.23. The maximum absolute atomic E-state index is 11.0. The van der Waals surface area contributed by atoms with Gasteiger partial charge in [-0.2, -0.15) is 0 Å². The summed E-state index contributed by atoms with van der Waals surface area (Å²) < 4.78 is 0. The molecule has 4 heteroatoms. The van der Waals surface area contributed by atoms with Gasteiger partial charge in [-0.1, -0.05) is 30.3 Å². The minimum absolute atomic E-state index is 0. The molecule has 0 spiro atoms. The Balaban J connectivity index is 0.00000121. The van der Waals surface area contributed by atoms with Crippen molar-refractivity contribution in [3.8, 4) is 0 Å². The van der Waals surface area contributed by atoms with Crippen molar-refractivity contribution in [1.82, 2.24) is 0 Å². The standard InChI is InChI=1S/C8H7N2O.BrH/c9-10-6-8(11)7-4-2-1-3-5-7;/h1-5H,6H2;1H/q+1;/p-1. The van der Waals surface area contributed by atoms with E-state index < -0.39 is 0 Å². The highest BCUT2D eigenvalue weighted by Gasteiger charge is 2.10. The molecule has 0 aliphatic carbocycles. The van der Waals surface area contributed by atoms with Crippen LogP contribution < -0.4 is 17.0 Å². The quantitative estimate of drug-likeness (QED) is 0.467. The van der Waals surface area contributed by atoms with Crippen LogP contribution in [0.2, 0.25) is 0 Å². The molecule has 0 unspecified atom stereocenters. The van der Waals surface area contributed by atoms with Crippen molar-refractivity contribution in [2.45, 2.75) is 0 Å². The summed E-state index contributed by atoms with van der Waals surface area (Å²) in [4.78, 5) is 13.8. The Morgan fingerprint density at radius 3 is 2.42 bits per heavy atom. The zero-order valence-electron chi connectivity index (χ0n) is 6.27. The first-order chi connectivity index (χ1) is 5.34. The second-order valence-corrected chi connectivity index (χ2v) is 2.09. The van der Waals surface area contributed by atoms with Crippen LogP contribution in [0.3, 0.4) is 0 Å². The van der Waals surface area contributed by atoms with E-state index in [9.17, 15) is 4.79 Å². The number of benzene rings is 1. The number of ketones is 1. The number of carbonyl (C=O) groups excluding carboxylic acids is 1. The number of carbonyl (C=O) groups is 1. The molecule has 3 nitrogen and oxygen atoms in total. The van der Waals surface area contributed by atoms with E-state index in [0.29, 0.717) is 5.56 Å². The zero-order valence-corrected chi connectivity index (χ0v) is 7.86. The molecule has 0 N–H and O–H groups in total.